The summed E-state index contributed by atoms with van der Waals surface area (Å²) in [6, 6.07) is 7.72. The number of nitrogens with zero attached hydrogens (tertiary/aromatic N) is 1. The lowest BCUT2D eigenvalue weighted by atomic mass is 10.1. The molecule has 1 amide bonds. The van der Waals surface area contributed by atoms with E-state index >= 15 is 0 Å². The number of anilines is 1. The van der Waals surface area contributed by atoms with Crippen molar-refractivity contribution < 1.29 is 23.1 Å². The molecule has 9 heteroatoms. The van der Waals surface area contributed by atoms with E-state index in [4.69, 9.17) is 5.14 Å². The van der Waals surface area contributed by atoms with Crippen molar-refractivity contribution in [2.75, 3.05) is 5.32 Å². The number of benzene rings is 1. The monoisotopic (exact) mass is 348 g/mol. The van der Waals surface area contributed by atoms with Gasteiger partial charge in [-0.1, -0.05) is 12.1 Å². The van der Waals surface area contributed by atoms with E-state index in [2.05, 4.69) is 5.32 Å². The second kappa shape index (κ2) is 5.77. The van der Waals surface area contributed by atoms with Crippen LogP contribution in [0.25, 0.3) is 11.1 Å². The third-order valence-corrected chi connectivity index (χ3v) is 4.58. The van der Waals surface area contributed by atoms with Crippen LogP contribution in [-0.4, -0.2) is 24.3 Å². The maximum Gasteiger partial charge on any atom is 0.302 e. The highest BCUT2D eigenvalue weighted by Crippen LogP contribution is 2.31. The van der Waals surface area contributed by atoms with Crippen LogP contribution in [0.4, 0.5) is 5.69 Å². The zero-order valence-electron chi connectivity index (χ0n) is 12.4. The van der Waals surface area contributed by atoms with Gasteiger partial charge in [0.25, 0.3) is 0 Å². The Bertz CT molecular complexity index is 911. The molecule has 0 radical (unpaired) electrons. The van der Waals surface area contributed by atoms with Crippen molar-refractivity contribution in [3.8, 4) is 11.1 Å². The number of hydrogen-bond donors (Lipinski definition) is 2. The summed E-state index contributed by atoms with van der Waals surface area (Å²) in [6.45, 7) is 0. The Morgan fingerprint density at radius 3 is 2.29 bits per heavy atom. The average molecular weight is 348 g/mol. The second-order valence-corrected chi connectivity index (χ2v) is 6.97. The maximum absolute atomic E-state index is 11.7. The van der Waals surface area contributed by atoms with E-state index in [-0.39, 0.29) is 17.4 Å². The van der Waals surface area contributed by atoms with Gasteiger partial charge in [-0.25, -0.2) is 9.11 Å². The highest BCUT2D eigenvalue weighted by Gasteiger charge is 2.29. The Balaban J connectivity index is 1.93. The Morgan fingerprint density at radius 1 is 1.17 bits per heavy atom. The number of nitrogens with one attached hydrogen (secondary N) is 1. The number of carbonyl (C=O) groups excluding carboxylic acids is 2. The Kier molecular flexibility index (Phi) is 3.90. The van der Waals surface area contributed by atoms with Gasteiger partial charge in [-0.2, -0.15) is 8.42 Å². The molecule has 3 rings (SSSR count). The predicted octanol–water partition coefficient (Wildman–Crippen LogP) is -0.0813. The number of carbonyl (C=O) groups is 2. The maximum atomic E-state index is 11.7. The molecule has 0 saturated heterocycles. The van der Waals surface area contributed by atoms with Crippen LogP contribution in [0.3, 0.4) is 0 Å². The normalized spacial score (nSPS) is 14.4. The van der Waals surface area contributed by atoms with E-state index < -0.39 is 21.9 Å². The summed E-state index contributed by atoms with van der Waals surface area (Å²) in [5, 5.41) is 19.1. The number of nitrogens with two attached hydrogens (primary N) is 1. The van der Waals surface area contributed by atoms with Crippen LogP contribution in [0.1, 0.15) is 23.3 Å². The van der Waals surface area contributed by atoms with Crippen LogP contribution < -0.4 is 15.6 Å². The van der Waals surface area contributed by atoms with Crippen molar-refractivity contribution in [1.82, 2.24) is 3.97 Å². The van der Waals surface area contributed by atoms with Gasteiger partial charge in [0.15, 0.2) is 0 Å². The van der Waals surface area contributed by atoms with Gasteiger partial charge in [0.05, 0.1) is 11.7 Å². The first-order chi connectivity index (χ1) is 11.3. The summed E-state index contributed by atoms with van der Waals surface area (Å²) >= 11 is 0. The van der Waals surface area contributed by atoms with Crippen molar-refractivity contribution in [3.63, 3.8) is 0 Å². The van der Waals surface area contributed by atoms with Crippen molar-refractivity contribution in [2.45, 2.75) is 12.8 Å². The quantitative estimate of drug-likeness (QED) is 0.779. The molecule has 1 heterocycles. The lowest BCUT2D eigenvalue weighted by Gasteiger charge is -2.11. The topological polar surface area (TPSA) is 134 Å². The molecule has 1 aromatic carbocycles. The van der Waals surface area contributed by atoms with Crippen LogP contribution in [0.2, 0.25) is 0 Å². The zero-order valence-corrected chi connectivity index (χ0v) is 13.2. The number of amides is 1. The molecule has 0 aliphatic heterocycles. The smallest absolute Gasteiger partial charge is 0.302 e. The Labute approximate surface area is 138 Å². The number of aromatic carboxylic acids is 1. The third-order valence-electron chi connectivity index (χ3n) is 3.73. The van der Waals surface area contributed by atoms with Gasteiger partial charge in [-0.05, 0) is 36.6 Å². The molecule has 1 aliphatic carbocycles. The molecule has 2 aromatic rings. The van der Waals surface area contributed by atoms with E-state index in [9.17, 15) is 23.1 Å². The summed E-state index contributed by atoms with van der Waals surface area (Å²) in [7, 11) is -4.25. The van der Waals surface area contributed by atoms with Gasteiger partial charge in [-0.15, -0.1) is 0 Å². The van der Waals surface area contributed by atoms with Crippen molar-refractivity contribution >= 4 is 27.8 Å². The van der Waals surface area contributed by atoms with Gasteiger partial charge >= 0.3 is 10.2 Å². The van der Waals surface area contributed by atoms with Gasteiger partial charge < -0.3 is 15.2 Å². The standard InChI is InChI=1S/C15H15N3O5S/c16-24(22,23)18-8-7-12(13(18)15(20)21)9-3-5-11(6-4-9)17-14(19)10-1-2-10/h3-8,10H,1-2H2,(H,17,19)(H,20,21)(H2,16,22,23)/p-1. The summed E-state index contributed by atoms with van der Waals surface area (Å²) in [6.07, 6.45) is 2.83. The lowest BCUT2D eigenvalue weighted by molar-refractivity contribution is -0.255. The summed E-state index contributed by atoms with van der Waals surface area (Å²) in [5.74, 6) is -1.63. The highest BCUT2D eigenvalue weighted by atomic mass is 32.2. The Morgan fingerprint density at radius 2 is 1.79 bits per heavy atom. The van der Waals surface area contributed by atoms with E-state index in [0.29, 0.717) is 15.2 Å². The number of carboxylic acid groups (broad SMARTS) is 1. The largest absolute Gasteiger partial charge is 0.543 e. The summed E-state index contributed by atoms with van der Waals surface area (Å²) in [5.41, 5.74) is 0.647. The summed E-state index contributed by atoms with van der Waals surface area (Å²) in [4.78, 5) is 23.0. The van der Waals surface area contributed by atoms with Crippen molar-refractivity contribution in [1.29, 1.82) is 0 Å². The minimum Gasteiger partial charge on any atom is -0.543 e. The number of aromatic nitrogens is 1. The fourth-order valence-electron chi connectivity index (χ4n) is 2.38. The van der Waals surface area contributed by atoms with Gasteiger partial charge in [0.2, 0.25) is 5.91 Å². The molecule has 0 unspecified atom stereocenters. The first kappa shape index (κ1) is 16.2. The fourth-order valence-corrected chi connectivity index (χ4v) is 3.04. The predicted molar refractivity (Wildman–Crippen MR) is 84.1 cm³/mol. The molecule has 0 atom stereocenters. The highest BCUT2D eigenvalue weighted by molar-refractivity contribution is 7.87. The molecule has 1 saturated carbocycles. The van der Waals surface area contributed by atoms with Crippen molar-refractivity contribution in [3.05, 3.63) is 42.2 Å². The number of hydrogen-bond acceptors (Lipinski definition) is 5. The first-order valence-corrected chi connectivity index (χ1v) is 8.65. The fraction of sp³-hybridized carbons (Fsp3) is 0.200. The van der Waals surface area contributed by atoms with Crippen molar-refractivity contribution in [2.24, 2.45) is 11.1 Å². The molecule has 0 bridgehead atoms. The number of carboxylic acids is 1. The molecule has 1 aliphatic rings. The third kappa shape index (κ3) is 3.17. The molecule has 3 N–H and O–H groups in total. The average Bonchev–Trinajstić information content (AvgIpc) is 3.25. The van der Waals surface area contributed by atoms with Crippen LogP contribution in [-0.2, 0) is 15.0 Å². The minimum absolute atomic E-state index is 0.0430. The van der Waals surface area contributed by atoms with E-state index in [1.807, 2.05) is 0 Å². The first-order valence-electron chi connectivity index (χ1n) is 7.14. The van der Waals surface area contributed by atoms with E-state index in [1.54, 1.807) is 24.3 Å². The van der Waals surface area contributed by atoms with Crippen LogP contribution >= 0.6 is 0 Å². The second-order valence-electron chi connectivity index (χ2n) is 5.55. The molecule has 8 nitrogen and oxygen atoms in total. The summed E-state index contributed by atoms with van der Waals surface area (Å²) < 4.78 is 23.4. The van der Waals surface area contributed by atoms with Crippen LogP contribution in [0.15, 0.2) is 36.5 Å². The molecular formula is C15H14N3O5S-. The number of rotatable bonds is 5. The molecule has 126 valence electrons. The molecule has 1 fully saturated rings. The van der Waals surface area contributed by atoms with Crippen LogP contribution in [0, 0.1) is 5.92 Å². The zero-order chi connectivity index (χ0) is 17.5. The van der Waals surface area contributed by atoms with Gasteiger partial charge in [0, 0.05) is 23.4 Å². The Hall–Kier alpha value is -2.65. The van der Waals surface area contributed by atoms with Gasteiger partial charge in [0.1, 0.15) is 0 Å². The SMILES string of the molecule is NS(=O)(=O)n1ccc(-c2ccc(NC(=O)C3CC3)cc2)c1C(=O)[O-]. The molecule has 24 heavy (non-hydrogen) atoms. The molecule has 0 spiro atoms. The van der Waals surface area contributed by atoms with E-state index in [0.717, 1.165) is 19.0 Å². The van der Waals surface area contributed by atoms with E-state index in [1.165, 1.54) is 6.07 Å². The lowest BCUT2D eigenvalue weighted by Crippen LogP contribution is -2.31. The van der Waals surface area contributed by atoms with Gasteiger partial charge in [-0.3, -0.25) is 4.79 Å². The minimum atomic E-state index is -4.25. The molecular weight excluding hydrogens is 334 g/mol. The van der Waals surface area contributed by atoms with Crippen LogP contribution in [0.5, 0.6) is 0 Å². The molecule has 1 aromatic heterocycles.